The molecule has 1 unspecified atom stereocenters. The van der Waals surface area contributed by atoms with Crippen LogP contribution in [0, 0.1) is 0 Å². The van der Waals surface area contributed by atoms with E-state index in [0.717, 1.165) is 16.6 Å². The van der Waals surface area contributed by atoms with E-state index in [9.17, 15) is 4.79 Å². The van der Waals surface area contributed by atoms with Crippen molar-refractivity contribution < 1.29 is 9.90 Å². The summed E-state index contributed by atoms with van der Waals surface area (Å²) in [5.74, 6) is -0.826. The van der Waals surface area contributed by atoms with Crippen LogP contribution >= 0.6 is 0 Å². The summed E-state index contributed by atoms with van der Waals surface area (Å²) in [6, 6.07) is 3.49. The monoisotopic (exact) mass is 219 g/mol. The first-order valence-electron chi connectivity index (χ1n) is 5.08. The van der Waals surface area contributed by atoms with Crippen LogP contribution in [0.5, 0.6) is 0 Å². The van der Waals surface area contributed by atoms with Crippen molar-refractivity contribution in [3.8, 4) is 0 Å². The first kappa shape index (κ1) is 10.6. The van der Waals surface area contributed by atoms with E-state index in [1.54, 1.807) is 12.4 Å². The maximum Gasteiger partial charge on any atom is 0.303 e. The van der Waals surface area contributed by atoms with Gasteiger partial charge in [-0.15, -0.1) is 0 Å². The molecular formula is C11H13N3O2. The minimum absolute atomic E-state index is 0.0775. The lowest BCUT2D eigenvalue weighted by Crippen LogP contribution is -2.11. The highest BCUT2D eigenvalue weighted by atomic mass is 16.4. The van der Waals surface area contributed by atoms with Crippen molar-refractivity contribution in [1.29, 1.82) is 0 Å². The zero-order valence-electron chi connectivity index (χ0n) is 8.68. The number of aliphatic carboxylic acids is 1. The Morgan fingerprint density at radius 3 is 3.19 bits per heavy atom. The molecule has 0 amide bonds. The first-order chi connectivity index (χ1) is 7.68. The SMILES string of the molecule is NC(CCC(=O)O)c1c[nH]c2ncccc12. The summed E-state index contributed by atoms with van der Waals surface area (Å²) in [6.07, 6.45) is 4.00. The topological polar surface area (TPSA) is 92.0 Å². The molecule has 16 heavy (non-hydrogen) atoms. The lowest BCUT2D eigenvalue weighted by Gasteiger charge is -2.08. The average Bonchev–Trinajstić information content (AvgIpc) is 2.69. The Labute approximate surface area is 92.3 Å². The number of aromatic amines is 1. The van der Waals surface area contributed by atoms with Crippen molar-refractivity contribution in [1.82, 2.24) is 9.97 Å². The highest BCUT2D eigenvalue weighted by molar-refractivity contribution is 5.80. The Morgan fingerprint density at radius 2 is 2.44 bits per heavy atom. The van der Waals surface area contributed by atoms with Crippen molar-refractivity contribution in [3.05, 3.63) is 30.1 Å². The standard InChI is InChI=1S/C11H13N3O2/c12-9(3-4-10(15)16)8-6-14-11-7(8)2-1-5-13-11/h1-2,5-6,9H,3-4,12H2,(H,13,14)(H,15,16). The van der Waals surface area contributed by atoms with Gasteiger partial charge in [-0.2, -0.15) is 0 Å². The number of nitrogens with one attached hydrogen (secondary N) is 1. The highest BCUT2D eigenvalue weighted by Crippen LogP contribution is 2.23. The van der Waals surface area contributed by atoms with Crippen LogP contribution in [0.15, 0.2) is 24.5 Å². The van der Waals surface area contributed by atoms with E-state index >= 15 is 0 Å². The molecule has 0 aliphatic heterocycles. The number of carboxylic acids is 1. The number of pyridine rings is 1. The molecule has 0 radical (unpaired) electrons. The van der Waals surface area contributed by atoms with Crippen LogP contribution in [0.1, 0.15) is 24.4 Å². The van der Waals surface area contributed by atoms with Crippen LogP contribution in [0.2, 0.25) is 0 Å². The van der Waals surface area contributed by atoms with Gasteiger partial charge < -0.3 is 15.8 Å². The summed E-state index contributed by atoms with van der Waals surface area (Å²) in [5, 5.41) is 9.56. The molecular weight excluding hydrogens is 206 g/mol. The number of rotatable bonds is 4. The summed E-state index contributed by atoms with van der Waals surface area (Å²) in [7, 11) is 0. The van der Waals surface area contributed by atoms with Gasteiger partial charge in [0.2, 0.25) is 0 Å². The summed E-state index contributed by atoms with van der Waals surface area (Å²) in [6.45, 7) is 0. The number of hydrogen-bond donors (Lipinski definition) is 3. The first-order valence-corrected chi connectivity index (χ1v) is 5.08. The van der Waals surface area contributed by atoms with Crippen LogP contribution < -0.4 is 5.73 Å². The lowest BCUT2D eigenvalue weighted by molar-refractivity contribution is -0.137. The molecule has 4 N–H and O–H groups in total. The van der Waals surface area contributed by atoms with Crippen molar-refractivity contribution >= 4 is 17.0 Å². The Hall–Kier alpha value is -1.88. The third kappa shape index (κ3) is 2.04. The van der Waals surface area contributed by atoms with Crippen LogP contribution in [-0.2, 0) is 4.79 Å². The van der Waals surface area contributed by atoms with Gasteiger partial charge in [-0.3, -0.25) is 4.79 Å². The maximum atomic E-state index is 10.5. The summed E-state index contributed by atoms with van der Waals surface area (Å²) < 4.78 is 0. The van der Waals surface area contributed by atoms with E-state index < -0.39 is 5.97 Å². The Morgan fingerprint density at radius 1 is 1.62 bits per heavy atom. The van der Waals surface area contributed by atoms with Crippen LogP contribution in [0.25, 0.3) is 11.0 Å². The zero-order chi connectivity index (χ0) is 11.5. The van der Waals surface area contributed by atoms with Gasteiger partial charge in [0.15, 0.2) is 0 Å². The van der Waals surface area contributed by atoms with E-state index in [-0.39, 0.29) is 12.5 Å². The quantitative estimate of drug-likeness (QED) is 0.725. The smallest absolute Gasteiger partial charge is 0.303 e. The van der Waals surface area contributed by atoms with Gasteiger partial charge in [0.25, 0.3) is 0 Å². The number of carboxylic acid groups (broad SMARTS) is 1. The molecule has 2 aromatic heterocycles. The van der Waals surface area contributed by atoms with Gasteiger partial charge in [-0.1, -0.05) is 0 Å². The number of aromatic nitrogens is 2. The molecule has 0 saturated heterocycles. The van der Waals surface area contributed by atoms with Crippen LogP contribution in [-0.4, -0.2) is 21.0 Å². The molecule has 84 valence electrons. The number of nitrogens with two attached hydrogens (primary N) is 1. The van der Waals surface area contributed by atoms with Crippen LogP contribution in [0.3, 0.4) is 0 Å². The Balaban J connectivity index is 2.22. The summed E-state index contributed by atoms with van der Waals surface area (Å²) in [5.41, 5.74) is 7.64. The van der Waals surface area contributed by atoms with E-state index in [0.29, 0.717) is 6.42 Å². The second-order valence-corrected chi connectivity index (χ2v) is 3.68. The molecule has 0 bridgehead atoms. The van der Waals surface area contributed by atoms with Crippen LogP contribution in [0.4, 0.5) is 0 Å². The molecule has 0 saturated carbocycles. The average molecular weight is 219 g/mol. The molecule has 0 aromatic carbocycles. The number of carbonyl (C=O) groups is 1. The van der Waals surface area contributed by atoms with Gasteiger partial charge in [0, 0.05) is 30.2 Å². The third-order valence-corrected chi connectivity index (χ3v) is 2.55. The second kappa shape index (κ2) is 4.32. The zero-order valence-corrected chi connectivity index (χ0v) is 8.68. The third-order valence-electron chi connectivity index (χ3n) is 2.55. The number of fused-ring (bicyclic) bond motifs is 1. The number of hydrogen-bond acceptors (Lipinski definition) is 3. The molecule has 2 heterocycles. The normalized spacial score (nSPS) is 12.8. The minimum Gasteiger partial charge on any atom is -0.481 e. The van der Waals surface area contributed by atoms with E-state index in [4.69, 9.17) is 10.8 Å². The second-order valence-electron chi connectivity index (χ2n) is 3.68. The fourth-order valence-electron chi connectivity index (χ4n) is 1.72. The molecule has 0 spiro atoms. The van der Waals surface area contributed by atoms with Crippen molar-refractivity contribution in [2.45, 2.75) is 18.9 Å². The molecule has 5 heteroatoms. The number of H-pyrrole nitrogens is 1. The summed E-state index contributed by atoms with van der Waals surface area (Å²) in [4.78, 5) is 17.6. The molecule has 0 aliphatic carbocycles. The molecule has 1 atom stereocenters. The largest absolute Gasteiger partial charge is 0.481 e. The Kier molecular flexibility index (Phi) is 2.87. The fraction of sp³-hybridized carbons (Fsp3) is 0.273. The number of nitrogens with zero attached hydrogens (tertiary/aromatic N) is 1. The maximum absolute atomic E-state index is 10.5. The summed E-state index contributed by atoms with van der Waals surface area (Å²) >= 11 is 0. The van der Waals surface area contributed by atoms with Gasteiger partial charge in [0.1, 0.15) is 5.65 Å². The van der Waals surface area contributed by atoms with Crippen molar-refractivity contribution in [3.63, 3.8) is 0 Å². The van der Waals surface area contributed by atoms with Crippen molar-refractivity contribution in [2.75, 3.05) is 0 Å². The molecule has 0 fully saturated rings. The van der Waals surface area contributed by atoms with E-state index in [2.05, 4.69) is 9.97 Å². The van der Waals surface area contributed by atoms with E-state index in [1.807, 2.05) is 12.1 Å². The minimum atomic E-state index is -0.826. The van der Waals surface area contributed by atoms with E-state index in [1.165, 1.54) is 0 Å². The Bertz CT molecular complexity index is 507. The predicted molar refractivity (Wildman–Crippen MR) is 59.9 cm³/mol. The van der Waals surface area contributed by atoms with Crippen molar-refractivity contribution in [2.24, 2.45) is 5.73 Å². The molecule has 5 nitrogen and oxygen atoms in total. The van der Waals surface area contributed by atoms with Gasteiger partial charge in [-0.25, -0.2) is 4.98 Å². The van der Waals surface area contributed by atoms with Gasteiger partial charge >= 0.3 is 5.97 Å². The molecule has 0 aliphatic rings. The fourth-order valence-corrected chi connectivity index (χ4v) is 1.72. The molecule has 2 aromatic rings. The predicted octanol–water partition coefficient (Wildman–Crippen LogP) is 1.43. The van der Waals surface area contributed by atoms with Gasteiger partial charge in [0.05, 0.1) is 0 Å². The lowest BCUT2D eigenvalue weighted by atomic mass is 10.0. The van der Waals surface area contributed by atoms with Gasteiger partial charge in [-0.05, 0) is 24.1 Å². The molecule has 2 rings (SSSR count). The highest BCUT2D eigenvalue weighted by Gasteiger charge is 2.13.